The summed E-state index contributed by atoms with van der Waals surface area (Å²) in [5, 5.41) is 0.467. The van der Waals surface area contributed by atoms with E-state index in [2.05, 4.69) is 74.7 Å². The molecule has 5 heteroatoms. The minimum Gasteiger partial charge on any atom is -0.414 e. The topological polar surface area (TPSA) is 31.0 Å². The molecule has 0 aromatic heterocycles. The third-order valence-corrected chi connectivity index (χ3v) is 16.1. The normalized spacial score (nSPS) is 34.9. The zero-order chi connectivity index (χ0) is 18.8. The molecule has 1 saturated carbocycles. The number of epoxide rings is 1. The standard InChI is InChI=1S/C19H40O3Si2/c1-17(2,3)23(8,9)21-14-12-15-19(7,20-15)16(13-14)22-24(10,11)18(4,5)6/h14-16H,12-13H2,1-11H3. The Morgan fingerprint density at radius 1 is 0.833 bits per heavy atom. The summed E-state index contributed by atoms with van der Waals surface area (Å²) in [5.74, 6) is 0. The third-order valence-electron chi connectivity index (χ3n) is 7.08. The lowest BCUT2D eigenvalue weighted by Crippen LogP contribution is -2.53. The first kappa shape index (κ1) is 20.6. The number of ether oxygens (including phenoxy) is 1. The minimum atomic E-state index is -1.80. The molecule has 1 aliphatic heterocycles. The molecule has 0 radical (unpaired) electrons. The van der Waals surface area contributed by atoms with E-state index >= 15 is 0 Å². The van der Waals surface area contributed by atoms with Crippen molar-refractivity contribution in [2.75, 3.05) is 0 Å². The van der Waals surface area contributed by atoms with E-state index in [0.29, 0.717) is 6.10 Å². The molecular formula is C19H40O3Si2. The third kappa shape index (κ3) is 3.85. The van der Waals surface area contributed by atoms with Gasteiger partial charge in [0.05, 0.1) is 18.3 Å². The van der Waals surface area contributed by atoms with Crippen molar-refractivity contribution in [1.82, 2.24) is 0 Å². The molecule has 3 nitrogen and oxygen atoms in total. The molecule has 4 atom stereocenters. The van der Waals surface area contributed by atoms with Crippen LogP contribution >= 0.6 is 0 Å². The lowest BCUT2D eigenvalue weighted by Gasteiger charge is -2.45. The maximum absolute atomic E-state index is 6.78. The highest BCUT2D eigenvalue weighted by atomic mass is 28.4. The lowest BCUT2D eigenvalue weighted by molar-refractivity contribution is 0.0354. The van der Waals surface area contributed by atoms with Gasteiger partial charge in [0.1, 0.15) is 5.60 Å². The first-order chi connectivity index (χ1) is 10.5. The Morgan fingerprint density at radius 2 is 1.29 bits per heavy atom. The molecule has 2 rings (SSSR count). The van der Waals surface area contributed by atoms with E-state index in [9.17, 15) is 0 Å². The van der Waals surface area contributed by atoms with Crippen LogP contribution < -0.4 is 0 Å². The fourth-order valence-corrected chi connectivity index (χ4v) is 5.81. The van der Waals surface area contributed by atoms with Crippen LogP contribution in [0.2, 0.25) is 36.3 Å². The van der Waals surface area contributed by atoms with Gasteiger partial charge in [0.25, 0.3) is 0 Å². The van der Waals surface area contributed by atoms with Gasteiger partial charge in [-0.2, -0.15) is 0 Å². The molecule has 0 aromatic carbocycles. The highest BCUT2D eigenvalue weighted by Gasteiger charge is 2.63. The highest BCUT2D eigenvalue weighted by Crippen LogP contribution is 2.52. The summed E-state index contributed by atoms with van der Waals surface area (Å²) in [6.45, 7) is 25.4. The fraction of sp³-hybridized carbons (Fsp3) is 1.00. The van der Waals surface area contributed by atoms with Gasteiger partial charge in [-0.05, 0) is 43.2 Å². The Kier molecular flexibility index (Phi) is 5.08. The summed E-state index contributed by atoms with van der Waals surface area (Å²) in [5.41, 5.74) is -0.0805. The van der Waals surface area contributed by atoms with Crippen molar-refractivity contribution in [3.8, 4) is 0 Å². The van der Waals surface area contributed by atoms with Crippen LogP contribution in [0.3, 0.4) is 0 Å². The number of hydrogen-bond acceptors (Lipinski definition) is 3. The van der Waals surface area contributed by atoms with Crippen molar-refractivity contribution >= 4 is 16.6 Å². The Morgan fingerprint density at radius 3 is 1.75 bits per heavy atom. The van der Waals surface area contributed by atoms with Gasteiger partial charge in [0, 0.05) is 12.8 Å². The van der Waals surface area contributed by atoms with Crippen LogP contribution in [0.5, 0.6) is 0 Å². The Labute approximate surface area is 152 Å². The molecule has 0 aromatic rings. The number of fused-ring (bicyclic) bond motifs is 1. The molecule has 2 fully saturated rings. The van der Waals surface area contributed by atoms with Crippen LogP contribution in [0.4, 0.5) is 0 Å². The summed E-state index contributed by atoms with van der Waals surface area (Å²) >= 11 is 0. The second-order valence-electron chi connectivity index (χ2n) is 11.1. The quantitative estimate of drug-likeness (QED) is 0.467. The van der Waals surface area contributed by atoms with Crippen LogP contribution in [0.15, 0.2) is 0 Å². The van der Waals surface area contributed by atoms with Gasteiger partial charge in [-0.25, -0.2) is 0 Å². The average molecular weight is 373 g/mol. The van der Waals surface area contributed by atoms with Crippen LogP contribution in [0.1, 0.15) is 61.3 Å². The van der Waals surface area contributed by atoms with E-state index in [1.165, 1.54) is 0 Å². The van der Waals surface area contributed by atoms with Gasteiger partial charge in [-0.1, -0.05) is 41.5 Å². The first-order valence-electron chi connectivity index (χ1n) is 9.53. The van der Waals surface area contributed by atoms with Crippen molar-refractivity contribution in [3.63, 3.8) is 0 Å². The van der Waals surface area contributed by atoms with Gasteiger partial charge in [-0.3, -0.25) is 0 Å². The van der Waals surface area contributed by atoms with Crippen LogP contribution in [0.25, 0.3) is 0 Å². The summed E-state index contributed by atoms with van der Waals surface area (Å²) in [6.07, 6.45) is 2.77. The lowest BCUT2D eigenvalue weighted by atomic mass is 9.86. The van der Waals surface area contributed by atoms with E-state index in [4.69, 9.17) is 13.6 Å². The Bertz CT molecular complexity index is 476. The summed E-state index contributed by atoms with van der Waals surface area (Å²) in [6, 6.07) is 0. The van der Waals surface area contributed by atoms with Crippen molar-refractivity contribution in [3.05, 3.63) is 0 Å². The molecule has 0 N–H and O–H groups in total. The molecule has 0 bridgehead atoms. The Balaban J connectivity index is 2.11. The molecule has 2 aliphatic rings. The fourth-order valence-electron chi connectivity index (χ4n) is 3.03. The summed E-state index contributed by atoms with van der Waals surface area (Å²) in [7, 11) is -3.56. The van der Waals surface area contributed by atoms with Gasteiger partial charge in [-0.15, -0.1) is 0 Å². The zero-order valence-corrected chi connectivity index (χ0v) is 19.9. The van der Waals surface area contributed by atoms with Crippen LogP contribution in [0, 0.1) is 0 Å². The molecule has 142 valence electrons. The molecule has 1 aliphatic carbocycles. The number of rotatable bonds is 4. The van der Waals surface area contributed by atoms with Gasteiger partial charge < -0.3 is 13.6 Å². The maximum Gasteiger partial charge on any atom is 0.192 e. The van der Waals surface area contributed by atoms with Crippen molar-refractivity contribution in [2.45, 2.75) is 121 Å². The maximum atomic E-state index is 6.78. The molecule has 24 heavy (non-hydrogen) atoms. The van der Waals surface area contributed by atoms with Gasteiger partial charge in [0.15, 0.2) is 16.6 Å². The largest absolute Gasteiger partial charge is 0.414 e. The molecule has 1 saturated heterocycles. The van der Waals surface area contributed by atoms with E-state index in [-0.39, 0.29) is 27.9 Å². The smallest absolute Gasteiger partial charge is 0.192 e. The SMILES string of the molecule is CC12OC1CC(O[Si](C)(C)C(C)(C)C)CC2O[Si](C)(C)C(C)(C)C. The van der Waals surface area contributed by atoms with E-state index in [1.54, 1.807) is 0 Å². The van der Waals surface area contributed by atoms with Crippen LogP contribution in [-0.4, -0.2) is 40.5 Å². The Hall–Kier alpha value is 0.314. The second kappa shape index (κ2) is 5.91. The zero-order valence-electron chi connectivity index (χ0n) is 17.9. The first-order valence-corrected chi connectivity index (χ1v) is 15.3. The molecular weight excluding hydrogens is 332 g/mol. The van der Waals surface area contributed by atoms with E-state index in [0.717, 1.165) is 12.8 Å². The van der Waals surface area contributed by atoms with Gasteiger partial charge >= 0.3 is 0 Å². The predicted octanol–water partition coefficient (Wildman–Crippen LogP) is 5.72. The summed E-state index contributed by atoms with van der Waals surface area (Å²) < 4.78 is 19.6. The van der Waals surface area contributed by atoms with E-state index < -0.39 is 16.6 Å². The molecule has 4 unspecified atom stereocenters. The molecule has 0 amide bonds. The predicted molar refractivity (Wildman–Crippen MR) is 107 cm³/mol. The van der Waals surface area contributed by atoms with Crippen LogP contribution in [-0.2, 0) is 13.6 Å². The van der Waals surface area contributed by atoms with Crippen molar-refractivity contribution in [2.24, 2.45) is 0 Å². The molecule has 0 spiro atoms. The molecule has 1 heterocycles. The summed E-state index contributed by atoms with van der Waals surface area (Å²) in [4.78, 5) is 0. The number of hydrogen-bond donors (Lipinski definition) is 0. The van der Waals surface area contributed by atoms with Crippen molar-refractivity contribution < 1.29 is 13.6 Å². The van der Waals surface area contributed by atoms with E-state index in [1.807, 2.05) is 0 Å². The average Bonchev–Trinajstić information content (AvgIpc) is 2.97. The minimum absolute atomic E-state index is 0.0805. The monoisotopic (exact) mass is 372 g/mol. The second-order valence-corrected chi connectivity index (χ2v) is 20.6. The van der Waals surface area contributed by atoms with Gasteiger partial charge in [0.2, 0.25) is 0 Å². The highest BCUT2D eigenvalue weighted by molar-refractivity contribution is 6.74. The van der Waals surface area contributed by atoms with Crippen molar-refractivity contribution in [1.29, 1.82) is 0 Å².